The van der Waals surface area contributed by atoms with Gasteiger partial charge in [0.1, 0.15) is 11.4 Å². The van der Waals surface area contributed by atoms with Crippen molar-refractivity contribution in [1.29, 1.82) is 0 Å². The van der Waals surface area contributed by atoms with Crippen LogP contribution >= 0.6 is 0 Å². The molecule has 0 heterocycles. The van der Waals surface area contributed by atoms with Crippen molar-refractivity contribution in [3.8, 4) is 11.5 Å². The van der Waals surface area contributed by atoms with Gasteiger partial charge in [-0.25, -0.2) is 13.6 Å². The number of carboxylic acids is 1. The minimum absolute atomic E-state index is 0.313. The molecule has 0 radical (unpaired) electrons. The molecule has 0 atom stereocenters. The van der Waals surface area contributed by atoms with Crippen LogP contribution in [0.2, 0.25) is 0 Å². The van der Waals surface area contributed by atoms with Crippen LogP contribution in [-0.2, 0) is 4.79 Å². The van der Waals surface area contributed by atoms with Crippen molar-refractivity contribution in [2.75, 3.05) is 19.5 Å². The number of rotatable bonds is 6. The Labute approximate surface area is 147 Å². The molecule has 0 saturated heterocycles. The molecule has 0 aliphatic rings. The normalized spacial score (nSPS) is 11.0. The van der Waals surface area contributed by atoms with E-state index in [4.69, 9.17) is 14.6 Å². The number of ether oxygens (including phenoxy) is 2. The van der Waals surface area contributed by atoms with E-state index in [-0.39, 0.29) is 5.69 Å². The lowest BCUT2D eigenvalue weighted by atomic mass is 10.1. The Bertz CT molecular complexity index is 880. The van der Waals surface area contributed by atoms with Crippen LogP contribution in [0.3, 0.4) is 0 Å². The zero-order valence-corrected chi connectivity index (χ0v) is 13.9. The number of nitrogens with one attached hydrogen (secondary N) is 1. The predicted molar refractivity (Wildman–Crippen MR) is 90.6 cm³/mol. The number of methoxy groups -OCH3 is 2. The highest BCUT2D eigenvalue weighted by Gasteiger charge is 2.19. The highest BCUT2D eigenvalue weighted by molar-refractivity contribution is 6.08. The summed E-state index contributed by atoms with van der Waals surface area (Å²) < 4.78 is 37.9. The molecule has 1 amide bonds. The van der Waals surface area contributed by atoms with Crippen molar-refractivity contribution in [2.24, 2.45) is 0 Å². The quantitative estimate of drug-likeness (QED) is 0.768. The van der Waals surface area contributed by atoms with E-state index in [2.05, 4.69) is 0 Å². The summed E-state index contributed by atoms with van der Waals surface area (Å²) >= 11 is 0. The highest BCUT2D eigenvalue weighted by Crippen LogP contribution is 2.28. The van der Waals surface area contributed by atoms with Gasteiger partial charge in [0.25, 0.3) is 5.91 Å². The number of hydrogen-bond donors (Lipinski definition) is 2. The smallest absolute Gasteiger partial charge is 0.340 e. The Morgan fingerprint density at radius 3 is 2.42 bits per heavy atom. The van der Waals surface area contributed by atoms with Crippen molar-refractivity contribution in [3.05, 3.63) is 59.2 Å². The van der Waals surface area contributed by atoms with Gasteiger partial charge in [0, 0.05) is 0 Å². The molecule has 0 aliphatic heterocycles. The van der Waals surface area contributed by atoms with Gasteiger partial charge in [0.15, 0.2) is 17.3 Å². The Hall–Kier alpha value is -3.42. The second kappa shape index (κ2) is 8.11. The first-order chi connectivity index (χ1) is 12.4. The van der Waals surface area contributed by atoms with E-state index in [1.54, 1.807) is 0 Å². The van der Waals surface area contributed by atoms with Gasteiger partial charge in [-0.2, -0.15) is 0 Å². The molecule has 136 valence electrons. The number of carbonyl (C=O) groups is 2. The van der Waals surface area contributed by atoms with E-state index in [1.165, 1.54) is 38.5 Å². The third-order valence-electron chi connectivity index (χ3n) is 3.39. The van der Waals surface area contributed by atoms with Crippen molar-refractivity contribution in [1.82, 2.24) is 0 Å². The molecule has 0 bridgehead atoms. The SMILES string of the molecule is COc1ccc(/C=C(/F)C(=O)Nc2cccc(F)c2C(=O)O)cc1OC. The maximum Gasteiger partial charge on any atom is 0.340 e. The lowest BCUT2D eigenvalue weighted by molar-refractivity contribution is -0.114. The molecular weight excluding hydrogens is 348 g/mol. The number of benzene rings is 2. The zero-order chi connectivity index (χ0) is 19.3. The summed E-state index contributed by atoms with van der Waals surface area (Å²) in [7, 11) is 2.85. The van der Waals surface area contributed by atoms with Gasteiger partial charge in [-0.05, 0) is 35.9 Å². The summed E-state index contributed by atoms with van der Waals surface area (Å²) in [5.74, 6) is -4.26. The third-order valence-corrected chi connectivity index (χ3v) is 3.39. The first-order valence-corrected chi connectivity index (χ1v) is 7.29. The first-order valence-electron chi connectivity index (χ1n) is 7.29. The lowest BCUT2D eigenvalue weighted by Crippen LogP contribution is -2.16. The summed E-state index contributed by atoms with van der Waals surface area (Å²) in [4.78, 5) is 23.0. The number of carboxylic acid groups (broad SMARTS) is 1. The van der Waals surface area contributed by atoms with E-state index in [1.807, 2.05) is 5.32 Å². The lowest BCUT2D eigenvalue weighted by Gasteiger charge is -2.09. The summed E-state index contributed by atoms with van der Waals surface area (Å²) in [6.07, 6.45) is 0.928. The third kappa shape index (κ3) is 4.15. The maximum atomic E-state index is 14.2. The second-order valence-electron chi connectivity index (χ2n) is 5.03. The summed E-state index contributed by atoms with van der Waals surface area (Å²) in [6, 6.07) is 7.77. The fraction of sp³-hybridized carbons (Fsp3) is 0.111. The second-order valence-corrected chi connectivity index (χ2v) is 5.03. The van der Waals surface area contributed by atoms with Crippen LogP contribution in [0.15, 0.2) is 42.2 Å². The van der Waals surface area contributed by atoms with Crippen LogP contribution in [0.25, 0.3) is 6.08 Å². The average molecular weight is 363 g/mol. The van der Waals surface area contributed by atoms with E-state index in [0.29, 0.717) is 17.1 Å². The molecule has 6 nitrogen and oxygen atoms in total. The van der Waals surface area contributed by atoms with Crippen molar-refractivity contribution in [2.45, 2.75) is 0 Å². The number of carbonyl (C=O) groups excluding carboxylic acids is 1. The number of aromatic carboxylic acids is 1. The minimum atomic E-state index is -1.58. The maximum absolute atomic E-state index is 14.2. The minimum Gasteiger partial charge on any atom is -0.493 e. The Kier molecular flexibility index (Phi) is 5.90. The van der Waals surface area contributed by atoms with Gasteiger partial charge >= 0.3 is 5.97 Å². The fourth-order valence-corrected chi connectivity index (χ4v) is 2.18. The monoisotopic (exact) mass is 363 g/mol. The largest absolute Gasteiger partial charge is 0.493 e. The molecule has 0 saturated carbocycles. The van der Waals surface area contributed by atoms with E-state index in [0.717, 1.165) is 18.2 Å². The van der Waals surface area contributed by atoms with Gasteiger partial charge < -0.3 is 19.9 Å². The molecular formula is C18H15F2NO5. The number of halogens is 2. The van der Waals surface area contributed by atoms with Gasteiger partial charge in [0.05, 0.1) is 19.9 Å². The molecule has 2 rings (SSSR count). The molecule has 0 unspecified atom stereocenters. The summed E-state index contributed by atoms with van der Waals surface area (Å²) in [5.41, 5.74) is -0.786. The van der Waals surface area contributed by atoms with Crippen LogP contribution in [0, 0.1) is 5.82 Å². The Morgan fingerprint density at radius 2 is 1.81 bits per heavy atom. The molecule has 26 heavy (non-hydrogen) atoms. The van der Waals surface area contributed by atoms with Crippen LogP contribution in [0.5, 0.6) is 11.5 Å². The van der Waals surface area contributed by atoms with E-state index in [9.17, 15) is 18.4 Å². The molecule has 0 aliphatic carbocycles. The van der Waals surface area contributed by atoms with Crippen LogP contribution in [0.1, 0.15) is 15.9 Å². The molecule has 0 spiro atoms. The number of anilines is 1. The predicted octanol–water partition coefficient (Wildman–Crippen LogP) is 3.49. The van der Waals surface area contributed by atoms with Crippen LogP contribution in [0.4, 0.5) is 14.5 Å². The zero-order valence-electron chi connectivity index (χ0n) is 13.9. The van der Waals surface area contributed by atoms with Crippen LogP contribution < -0.4 is 14.8 Å². The van der Waals surface area contributed by atoms with Crippen LogP contribution in [-0.4, -0.2) is 31.2 Å². The Morgan fingerprint density at radius 1 is 1.12 bits per heavy atom. The molecule has 2 aromatic carbocycles. The van der Waals surface area contributed by atoms with Crippen molar-refractivity contribution in [3.63, 3.8) is 0 Å². The van der Waals surface area contributed by atoms with Crippen molar-refractivity contribution < 1.29 is 33.0 Å². The van der Waals surface area contributed by atoms with Crippen molar-refractivity contribution >= 4 is 23.6 Å². The standard InChI is InChI=1S/C18H15F2NO5/c1-25-14-7-6-10(9-15(14)26-2)8-12(20)17(22)21-13-5-3-4-11(19)16(13)18(23)24/h3-9H,1-2H3,(H,21,22)(H,23,24)/b12-8+. The van der Waals surface area contributed by atoms with Gasteiger partial charge in [0.2, 0.25) is 0 Å². The first kappa shape index (κ1) is 18.9. The number of hydrogen-bond acceptors (Lipinski definition) is 4. The topological polar surface area (TPSA) is 84.9 Å². The molecule has 8 heteroatoms. The molecule has 2 N–H and O–H groups in total. The molecule has 0 fully saturated rings. The van der Waals surface area contributed by atoms with E-state index >= 15 is 0 Å². The average Bonchev–Trinajstić information content (AvgIpc) is 2.61. The fourth-order valence-electron chi connectivity index (χ4n) is 2.18. The molecule has 2 aromatic rings. The highest BCUT2D eigenvalue weighted by atomic mass is 19.1. The van der Waals surface area contributed by atoms with Gasteiger partial charge in [-0.15, -0.1) is 0 Å². The van der Waals surface area contributed by atoms with E-state index < -0.39 is 29.1 Å². The number of amides is 1. The summed E-state index contributed by atoms with van der Waals surface area (Å²) in [6.45, 7) is 0. The molecule has 0 aromatic heterocycles. The summed E-state index contributed by atoms with van der Waals surface area (Å²) in [5, 5.41) is 11.1. The Balaban J connectivity index is 2.27. The van der Waals surface area contributed by atoms with Gasteiger partial charge in [-0.3, -0.25) is 4.79 Å². The van der Waals surface area contributed by atoms with Gasteiger partial charge in [-0.1, -0.05) is 12.1 Å².